The number of fused-ring (bicyclic) bond motifs is 1. The number of aromatic nitrogens is 1. The fourth-order valence-corrected chi connectivity index (χ4v) is 2.69. The van der Waals surface area contributed by atoms with Gasteiger partial charge in [-0.1, -0.05) is 23.7 Å². The molecule has 0 saturated heterocycles. The minimum atomic E-state index is -0.449. The molecule has 0 bridgehead atoms. The zero-order valence-electron chi connectivity index (χ0n) is 12.4. The lowest BCUT2D eigenvalue weighted by Crippen LogP contribution is -1.91. The maximum absolute atomic E-state index is 11.5. The van der Waals surface area contributed by atoms with E-state index in [-0.39, 0.29) is 5.82 Å². The van der Waals surface area contributed by atoms with Gasteiger partial charge in [0.05, 0.1) is 25.2 Å². The summed E-state index contributed by atoms with van der Waals surface area (Å²) in [5.74, 6) is 0.940. The van der Waals surface area contributed by atoms with Crippen molar-refractivity contribution in [3.05, 3.63) is 51.5 Å². The lowest BCUT2D eigenvalue weighted by atomic mass is 10.0. The Morgan fingerprint density at radius 1 is 1.13 bits per heavy atom. The molecule has 0 atom stereocenters. The van der Waals surface area contributed by atoms with E-state index in [2.05, 4.69) is 4.98 Å². The first-order chi connectivity index (χ1) is 11.0. The van der Waals surface area contributed by atoms with Crippen molar-refractivity contribution in [3.63, 3.8) is 0 Å². The van der Waals surface area contributed by atoms with Gasteiger partial charge in [0.2, 0.25) is 0 Å². The molecule has 7 heteroatoms. The smallest absolute Gasteiger partial charge is 0.329 e. The summed E-state index contributed by atoms with van der Waals surface area (Å²) in [4.78, 5) is 13.8. The van der Waals surface area contributed by atoms with Gasteiger partial charge in [-0.2, -0.15) is 0 Å². The van der Waals surface area contributed by atoms with Crippen LogP contribution in [0.5, 0.6) is 11.5 Å². The van der Waals surface area contributed by atoms with Crippen LogP contribution in [0.3, 0.4) is 0 Å². The molecule has 0 aliphatic heterocycles. The lowest BCUT2D eigenvalue weighted by molar-refractivity contribution is -0.388. The number of rotatable bonds is 4. The Morgan fingerprint density at radius 2 is 1.83 bits per heavy atom. The van der Waals surface area contributed by atoms with Gasteiger partial charge in [-0.05, 0) is 22.6 Å². The average molecular weight is 333 g/mol. The van der Waals surface area contributed by atoms with Crippen molar-refractivity contribution in [2.24, 2.45) is 0 Å². The van der Waals surface area contributed by atoms with E-state index < -0.39 is 4.92 Å². The van der Waals surface area contributed by atoms with Gasteiger partial charge < -0.3 is 19.6 Å². The number of hydrogen-bond donors (Lipinski definition) is 1. The van der Waals surface area contributed by atoms with Crippen molar-refractivity contribution in [3.8, 4) is 22.6 Å². The Hall–Kier alpha value is -2.73. The number of H-pyrrole nitrogens is 1. The molecule has 1 aromatic heterocycles. The first kappa shape index (κ1) is 15.2. The standard InChI is InChI=1S/C16H13ClN2O4/c1-22-11-7-12-15(13(8-11)23-2)14(16(18-12)19(20)21)9-3-5-10(17)6-4-9/h3-8,18H,1-2H3. The van der Waals surface area contributed by atoms with E-state index in [0.29, 0.717) is 38.6 Å². The fourth-order valence-electron chi connectivity index (χ4n) is 2.57. The zero-order valence-corrected chi connectivity index (χ0v) is 13.2. The van der Waals surface area contributed by atoms with E-state index in [0.717, 1.165) is 0 Å². The van der Waals surface area contributed by atoms with Crippen molar-refractivity contribution in [2.45, 2.75) is 0 Å². The molecule has 1 N–H and O–H groups in total. The second kappa shape index (κ2) is 5.81. The molecule has 3 rings (SSSR count). The fraction of sp³-hybridized carbons (Fsp3) is 0.125. The Bertz CT molecular complexity index is 887. The summed E-state index contributed by atoms with van der Waals surface area (Å²) in [5, 5.41) is 12.6. The molecule has 23 heavy (non-hydrogen) atoms. The predicted molar refractivity (Wildman–Crippen MR) is 88.5 cm³/mol. The highest BCUT2D eigenvalue weighted by molar-refractivity contribution is 6.30. The Morgan fingerprint density at radius 3 is 2.39 bits per heavy atom. The third-order valence-corrected chi connectivity index (χ3v) is 3.84. The van der Waals surface area contributed by atoms with Crippen LogP contribution in [-0.4, -0.2) is 24.1 Å². The number of halogens is 1. The molecule has 0 amide bonds. The molecule has 2 aromatic carbocycles. The molecular weight excluding hydrogens is 320 g/mol. The molecule has 1 heterocycles. The van der Waals surface area contributed by atoms with Gasteiger partial charge in [0.25, 0.3) is 0 Å². The molecule has 6 nitrogen and oxygen atoms in total. The van der Waals surface area contributed by atoms with Crippen LogP contribution in [0.1, 0.15) is 0 Å². The molecular formula is C16H13ClN2O4. The Labute approximate surface area is 136 Å². The minimum Gasteiger partial charge on any atom is -0.496 e. The van der Waals surface area contributed by atoms with Crippen molar-refractivity contribution in [1.29, 1.82) is 0 Å². The highest BCUT2D eigenvalue weighted by atomic mass is 35.5. The van der Waals surface area contributed by atoms with E-state index >= 15 is 0 Å². The van der Waals surface area contributed by atoms with Crippen molar-refractivity contribution < 1.29 is 14.4 Å². The SMILES string of the molecule is COc1cc(OC)c2c(-c3ccc(Cl)cc3)c([N+](=O)[O-])[nH]c2c1. The lowest BCUT2D eigenvalue weighted by Gasteiger charge is -2.07. The maximum Gasteiger partial charge on any atom is 0.329 e. The highest BCUT2D eigenvalue weighted by Gasteiger charge is 2.25. The van der Waals surface area contributed by atoms with Gasteiger partial charge in [-0.3, -0.25) is 0 Å². The number of nitrogens with one attached hydrogen (secondary N) is 1. The molecule has 0 saturated carbocycles. The second-order valence-corrected chi connectivity index (χ2v) is 5.30. The summed E-state index contributed by atoms with van der Waals surface area (Å²) in [6.07, 6.45) is 0. The van der Waals surface area contributed by atoms with E-state index in [4.69, 9.17) is 21.1 Å². The summed E-state index contributed by atoms with van der Waals surface area (Å²) < 4.78 is 10.6. The zero-order chi connectivity index (χ0) is 16.6. The van der Waals surface area contributed by atoms with Crippen LogP contribution in [0.2, 0.25) is 5.02 Å². The van der Waals surface area contributed by atoms with Crippen LogP contribution in [0, 0.1) is 10.1 Å². The van der Waals surface area contributed by atoms with Crippen LogP contribution < -0.4 is 9.47 Å². The minimum absolute atomic E-state index is 0.103. The summed E-state index contributed by atoms with van der Waals surface area (Å²) in [7, 11) is 3.04. The summed E-state index contributed by atoms with van der Waals surface area (Å²) in [6.45, 7) is 0. The van der Waals surface area contributed by atoms with Gasteiger partial charge in [0.1, 0.15) is 17.0 Å². The maximum atomic E-state index is 11.5. The monoisotopic (exact) mass is 332 g/mol. The number of ether oxygens (including phenoxy) is 2. The van der Waals surface area contributed by atoms with Gasteiger partial charge >= 0.3 is 5.82 Å². The molecule has 118 valence electrons. The molecule has 0 spiro atoms. The van der Waals surface area contributed by atoms with Crippen LogP contribution in [0.15, 0.2) is 36.4 Å². The van der Waals surface area contributed by atoms with Gasteiger partial charge in [0, 0.05) is 17.2 Å². The normalized spacial score (nSPS) is 10.7. The van der Waals surface area contributed by atoms with Crippen LogP contribution in [0.25, 0.3) is 22.0 Å². The van der Waals surface area contributed by atoms with E-state index in [1.54, 1.807) is 36.4 Å². The molecule has 0 radical (unpaired) electrons. The van der Waals surface area contributed by atoms with Crippen LogP contribution >= 0.6 is 11.6 Å². The Balaban J connectivity index is 2.39. The third-order valence-electron chi connectivity index (χ3n) is 3.59. The number of hydrogen-bond acceptors (Lipinski definition) is 4. The van der Waals surface area contributed by atoms with Gasteiger partial charge in [-0.25, -0.2) is 4.98 Å². The highest BCUT2D eigenvalue weighted by Crippen LogP contribution is 2.43. The first-order valence-corrected chi connectivity index (χ1v) is 7.11. The van der Waals surface area contributed by atoms with Gasteiger partial charge in [-0.15, -0.1) is 0 Å². The topological polar surface area (TPSA) is 77.4 Å². The van der Waals surface area contributed by atoms with E-state index in [1.165, 1.54) is 14.2 Å². The molecule has 0 fully saturated rings. The average Bonchev–Trinajstić information content (AvgIpc) is 2.94. The number of methoxy groups -OCH3 is 2. The van der Waals surface area contributed by atoms with Crippen molar-refractivity contribution in [2.75, 3.05) is 14.2 Å². The van der Waals surface area contributed by atoms with Gasteiger partial charge in [0.15, 0.2) is 0 Å². The van der Waals surface area contributed by atoms with Crippen molar-refractivity contribution in [1.82, 2.24) is 4.98 Å². The third kappa shape index (κ3) is 2.57. The number of aromatic amines is 1. The van der Waals surface area contributed by atoms with Crippen molar-refractivity contribution >= 4 is 28.3 Å². The molecule has 0 aliphatic carbocycles. The van der Waals surface area contributed by atoms with E-state index in [9.17, 15) is 10.1 Å². The molecule has 0 aliphatic rings. The number of nitrogens with zero attached hydrogens (tertiary/aromatic N) is 1. The van der Waals surface area contributed by atoms with E-state index in [1.807, 2.05) is 0 Å². The second-order valence-electron chi connectivity index (χ2n) is 4.86. The summed E-state index contributed by atoms with van der Waals surface area (Å²) >= 11 is 5.91. The first-order valence-electron chi connectivity index (χ1n) is 6.73. The molecule has 3 aromatic rings. The number of nitro groups is 1. The summed E-state index contributed by atoms with van der Waals surface area (Å²) in [6, 6.07) is 10.2. The summed E-state index contributed by atoms with van der Waals surface area (Å²) in [5.41, 5.74) is 1.70. The molecule has 0 unspecified atom stereocenters. The largest absolute Gasteiger partial charge is 0.496 e. The Kier molecular flexibility index (Phi) is 3.83. The predicted octanol–water partition coefficient (Wildman–Crippen LogP) is 4.41. The van der Waals surface area contributed by atoms with Crippen LogP contribution in [0.4, 0.5) is 5.82 Å². The number of benzene rings is 2. The quantitative estimate of drug-likeness (QED) is 0.567. The van der Waals surface area contributed by atoms with Crippen LogP contribution in [-0.2, 0) is 0 Å².